The number of carbonyl (C=O) groups is 1. The maximum atomic E-state index is 11.6. The number of hydrogen-bond acceptors (Lipinski definition) is 3. The molecule has 0 bridgehead atoms. The average Bonchev–Trinajstić information content (AvgIpc) is 3.09. The zero-order chi connectivity index (χ0) is 12.2. The van der Waals surface area contributed by atoms with Crippen molar-refractivity contribution in [3.05, 3.63) is 0 Å². The van der Waals surface area contributed by atoms with Crippen LogP contribution in [-0.4, -0.2) is 29.2 Å². The van der Waals surface area contributed by atoms with Gasteiger partial charge in [-0.25, -0.2) is 0 Å². The lowest BCUT2D eigenvalue weighted by molar-refractivity contribution is -0.122. The molecule has 0 radical (unpaired) electrons. The van der Waals surface area contributed by atoms with Gasteiger partial charge in [0.05, 0.1) is 5.60 Å². The van der Waals surface area contributed by atoms with Crippen LogP contribution in [0.25, 0.3) is 0 Å². The van der Waals surface area contributed by atoms with Crippen molar-refractivity contribution >= 4 is 5.91 Å². The second-order valence-corrected chi connectivity index (χ2v) is 4.91. The van der Waals surface area contributed by atoms with Gasteiger partial charge in [-0.15, -0.1) is 0 Å². The van der Waals surface area contributed by atoms with E-state index in [-0.39, 0.29) is 11.9 Å². The van der Waals surface area contributed by atoms with Gasteiger partial charge in [0.1, 0.15) is 0 Å². The summed E-state index contributed by atoms with van der Waals surface area (Å²) in [5, 5.41) is 12.8. The molecule has 0 aliphatic heterocycles. The van der Waals surface area contributed by atoms with Gasteiger partial charge in [0.15, 0.2) is 0 Å². The van der Waals surface area contributed by atoms with E-state index < -0.39 is 5.60 Å². The minimum atomic E-state index is -0.765. The van der Waals surface area contributed by atoms with Crippen LogP contribution >= 0.6 is 0 Å². The highest BCUT2D eigenvalue weighted by atomic mass is 16.3. The molecule has 0 aromatic heterocycles. The first-order valence-electron chi connectivity index (χ1n) is 6.25. The van der Waals surface area contributed by atoms with E-state index in [1.807, 2.05) is 13.8 Å². The molecule has 94 valence electrons. The SMILES string of the molecule is CCC(O)(CC)CNC(=O)CC(N)C1CC1. The molecule has 1 aliphatic rings. The summed E-state index contributed by atoms with van der Waals surface area (Å²) in [6.07, 6.45) is 4.00. The first kappa shape index (κ1) is 13.5. The predicted octanol–water partition coefficient (Wildman–Crippen LogP) is 0.781. The van der Waals surface area contributed by atoms with Crippen LogP contribution in [0.15, 0.2) is 0 Å². The number of nitrogens with two attached hydrogens (primary N) is 1. The van der Waals surface area contributed by atoms with E-state index in [4.69, 9.17) is 5.73 Å². The van der Waals surface area contributed by atoms with Crippen molar-refractivity contribution < 1.29 is 9.90 Å². The van der Waals surface area contributed by atoms with Gasteiger partial charge in [-0.2, -0.15) is 0 Å². The third-order valence-corrected chi connectivity index (χ3v) is 3.58. The second-order valence-electron chi connectivity index (χ2n) is 4.91. The fourth-order valence-electron chi connectivity index (χ4n) is 1.74. The molecule has 4 nitrogen and oxygen atoms in total. The molecule has 0 aromatic rings. The Morgan fingerprint density at radius 3 is 2.50 bits per heavy atom. The fraction of sp³-hybridized carbons (Fsp3) is 0.917. The first-order valence-corrected chi connectivity index (χ1v) is 6.25. The summed E-state index contributed by atoms with van der Waals surface area (Å²) in [4.78, 5) is 11.6. The highest BCUT2D eigenvalue weighted by Gasteiger charge is 2.30. The Morgan fingerprint density at radius 2 is 2.06 bits per heavy atom. The van der Waals surface area contributed by atoms with Gasteiger partial charge >= 0.3 is 0 Å². The van der Waals surface area contributed by atoms with Crippen molar-refractivity contribution in [3.63, 3.8) is 0 Å². The maximum absolute atomic E-state index is 11.6. The Bertz CT molecular complexity index is 235. The zero-order valence-electron chi connectivity index (χ0n) is 10.3. The van der Waals surface area contributed by atoms with E-state index >= 15 is 0 Å². The first-order chi connectivity index (χ1) is 7.50. The lowest BCUT2D eigenvalue weighted by atomic mass is 9.97. The minimum absolute atomic E-state index is 0.00338. The van der Waals surface area contributed by atoms with Crippen LogP contribution in [0.2, 0.25) is 0 Å². The van der Waals surface area contributed by atoms with E-state index in [1.54, 1.807) is 0 Å². The quantitative estimate of drug-likeness (QED) is 0.603. The van der Waals surface area contributed by atoms with Crippen molar-refractivity contribution in [1.29, 1.82) is 0 Å². The van der Waals surface area contributed by atoms with Crippen molar-refractivity contribution in [2.24, 2.45) is 11.7 Å². The van der Waals surface area contributed by atoms with Gasteiger partial charge in [0.25, 0.3) is 0 Å². The Labute approximate surface area is 97.6 Å². The van der Waals surface area contributed by atoms with Crippen LogP contribution in [0.1, 0.15) is 46.0 Å². The monoisotopic (exact) mass is 228 g/mol. The standard InChI is InChI=1S/C12H24N2O2/c1-3-12(16,4-2)8-14-11(15)7-10(13)9-5-6-9/h9-10,16H,3-8,13H2,1-2H3,(H,14,15). The Hall–Kier alpha value is -0.610. The Balaban J connectivity index is 2.23. The molecular weight excluding hydrogens is 204 g/mol. The molecule has 4 N–H and O–H groups in total. The summed E-state index contributed by atoms with van der Waals surface area (Å²) in [6, 6.07) is -0.00338. The van der Waals surface area contributed by atoms with E-state index in [9.17, 15) is 9.90 Å². The smallest absolute Gasteiger partial charge is 0.221 e. The van der Waals surface area contributed by atoms with Crippen LogP contribution in [-0.2, 0) is 4.79 Å². The molecule has 1 aliphatic carbocycles. The highest BCUT2D eigenvalue weighted by Crippen LogP contribution is 2.32. The molecule has 0 aromatic carbocycles. The summed E-state index contributed by atoms with van der Waals surface area (Å²) in [5.74, 6) is 0.502. The van der Waals surface area contributed by atoms with Gasteiger partial charge in [0, 0.05) is 19.0 Å². The van der Waals surface area contributed by atoms with E-state index in [0.29, 0.717) is 31.7 Å². The Kier molecular flexibility index (Phi) is 4.74. The number of rotatable bonds is 7. The van der Waals surface area contributed by atoms with Gasteiger partial charge < -0.3 is 16.2 Å². The van der Waals surface area contributed by atoms with Crippen LogP contribution < -0.4 is 11.1 Å². The summed E-state index contributed by atoms with van der Waals surface area (Å²) in [5.41, 5.74) is 5.10. The minimum Gasteiger partial charge on any atom is -0.388 e. The van der Waals surface area contributed by atoms with Crippen molar-refractivity contribution in [2.75, 3.05) is 6.54 Å². The number of amides is 1. The van der Waals surface area contributed by atoms with Gasteiger partial charge in [-0.3, -0.25) is 4.79 Å². The second kappa shape index (κ2) is 5.64. The van der Waals surface area contributed by atoms with Gasteiger partial charge in [0.2, 0.25) is 5.91 Å². The number of aliphatic hydroxyl groups is 1. The van der Waals surface area contributed by atoms with Crippen LogP contribution in [0, 0.1) is 5.92 Å². The molecule has 1 unspecified atom stereocenters. The molecule has 0 spiro atoms. The summed E-state index contributed by atoms with van der Waals surface area (Å²) < 4.78 is 0. The molecule has 1 amide bonds. The van der Waals surface area contributed by atoms with Crippen molar-refractivity contribution in [3.8, 4) is 0 Å². The molecular formula is C12H24N2O2. The van der Waals surface area contributed by atoms with E-state index in [1.165, 1.54) is 0 Å². The zero-order valence-corrected chi connectivity index (χ0v) is 10.3. The lowest BCUT2D eigenvalue weighted by Gasteiger charge is -2.25. The van der Waals surface area contributed by atoms with E-state index in [2.05, 4.69) is 5.32 Å². The average molecular weight is 228 g/mol. The fourth-order valence-corrected chi connectivity index (χ4v) is 1.74. The lowest BCUT2D eigenvalue weighted by Crippen LogP contribution is -2.43. The number of nitrogens with one attached hydrogen (secondary N) is 1. The normalized spacial score (nSPS) is 18.2. The van der Waals surface area contributed by atoms with Crippen molar-refractivity contribution in [1.82, 2.24) is 5.32 Å². The molecule has 0 heterocycles. The molecule has 1 atom stereocenters. The number of carbonyl (C=O) groups excluding carboxylic acids is 1. The summed E-state index contributed by atoms with van der Waals surface area (Å²) in [7, 11) is 0. The molecule has 16 heavy (non-hydrogen) atoms. The molecule has 4 heteroatoms. The molecule has 1 fully saturated rings. The van der Waals surface area contributed by atoms with Gasteiger partial charge in [-0.05, 0) is 31.6 Å². The summed E-state index contributed by atoms with van der Waals surface area (Å²) >= 11 is 0. The third-order valence-electron chi connectivity index (χ3n) is 3.58. The maximum Gasteiger partial charge on any atom is 0.221 e. The van der Waals surface area contributed by atoms with E-state index in [0.717, 1.165) is 12.8 Å². The van der Waals surface area contributed by atoms with Crippen LogP contribution in [0.4, 0.5) is 0 Å². The Morgan fingerprint density at radius 1 is 1.50 bits per heavy atom. The molecule has 1 saturated carbocycles. The molecule has 0 saturated heterocycles. The van der Waals surface area contributed by atoms with Crippen LogP contribution in [0.3, 0.4) is 0 Å². The van der Waals surface area contributed by atoms with Crippen molar-refractivity contribution in [2.45, 2.75) is 57.6 Å². The van der Waals surface area contributed by atoms with Crippen LogP contribution in [0.5, 0.6) is 0 Å². The number of hydrogen-bond donors (Lipinski definition) is 3. The van der Waals surface area contributed by atoms with Gasteiger partial charge in [-0.1, -0.05) is 13.8 Å². The third kappa shape index (κ3) is 4.10. The predicted molar refractivity (Wildman–Crippen MR) is 63.9 cm³/mol. The largest absolute Gasteiger partial charge is 0.388 e. The molecule has 1 rings (SSSR count). The highest BCUT2D eigenvalue weighted by molar-refractivity contribution is 5.76. The summed E-state index contributed by atoms with van der Waals surface area (Å²) in [6.45, 7) is 4.17. The topological polar surface area (TPSA) is 75.3 Å².